The highest BCUT2D eigenvalue weighted by Gasteiger charge is 2.23. The van der Waals surface area contributed by atoms with Crippen molar-refractivity contribution < 1.29 is 19.1 Å². The summed E-state index contributed by atoms with van der Waals surface area (Å²) >= 11 is 0. The highest BCUT2D eigenvalue weighted by atomic mass is 19.1. The summed E-state index contributed by atoms with van der Waals surface area (Å²) in [5.74, 6) is -0.660. The Morgan fingerprint density at radius 1 is 1.40 bits per heavy atom. The standard InChI is InChI=1S/C13H18FN3O3/c1-13(2,3)20-12(18)16-10(11(15)17-19)8-4-6-9(14)7-5-8/h4-7,10,19H,1-3H3,(H2,15,17)(H,16,18)/t10-/m0/s1. The Morgan fingerprint density at radius 3 is 2.40 bits per heavy atom. The first-order valence-electron chi connectivity index (χ1n) is 5.95. The predicted octanol–water partition coefficient (Wildman–Crippen LogP) is 2.14. The largest absolute Gasteiger partial charge is 0.444 e. The van der Waals surface area contributed by atoms with E-state index in [0.29, 0.717) is 5.56 Å². The van der Waals surface area contributed by atoms with Gasteiger partial charge < -0.3 is 21.0 Å². The van der Waals surface area contributed by atoms with E-state index in [9.17, 15) is 9.18 Å². The number of nitrogens with zero attached hydrogens (tertiary/aromatic N) is 1. The van der Waals surface area contributed by atoms with Crippen molar-refractivity contribution in [2.45, 2.75) is 32.4 Å². The molecule has 0 aliphatic rings. The van der Waals surface area contributed by atoms with E-state index in [1.807, 2.05) is 0 Å². The lowest BCUT2D eigenvalue weighted by atomic mass is 10.1. The molecule has 0 heterocycles. The summed E-state index contributed by atoms with van der Waals surface area (Å²) in [6.07, 6.45) is -0.724. The fraction of sp³-hybridized carbons (Fsp3) is 0.385. The van der Waals surface area contributed by atoms with E-state index in [0.717, 1.165) is 0 Å². The van der Waals surface area contributed by atoms with Gasteiger partial charge in [0.25, 0.3) is 0 Å². The number of hydrogen-bond donors (Lipinski definition) is 3. The van der Waals surface area contributed by atoms with Crippen LogP contribution in [-0.4, -0.2) is 22.7 Å². The molecule has 1 aromatic carbocycles. The fourth-order valence-electron chi connectivity index (χ4n) is 1.47. The summed E-state index contributed by atoms with van der Waals surface area (Å²) < 4.78 is 18.0. The van der Waals surface area contributed by atoms with Crippen LogP contribution in [-0.2, 0) is 4.74 Å². The van der Waals surface area contributed by atoms with Crippen LogP contribution in [0.1, 0.15) is 32.4 Å². The van der Waals surface area contributed by atoms with Gasteiger partial charge in [-0.15, -0.1) is 0 Å². The quantitative estimate of drug-likeness (QED) is 0.342. The summed E-state index contributed by atoms with van der Waals surface area (Å²) in [6, 6.07) is 4.37. The fourth-order valence-corrected chi connectivity index (χ4v) is 1.47. The molecule has 0 unspecified atom stereocenters. The molecule has 110 valence electrons. The third kappa shape index (κ3) is 4.75. The van der Waals surface area contributed by atoms with Gasteiger partial charge in [0.15, 0.2) is 5.84 Å². The first-order valence-corrected chi connectivity index (χ1v) is 5.95. The van der Waals surface area contributed by atoms with Crippen molar-refractivity contribution in [2.24, 2.45) is 10.9 Å². The van der Waals surface area contributed by atoms with E-state index < -0.39 is 23.6 Å². The molecular weight excluding hydrogens is 265 g/mol. The van der Waals surface area contributed by atoms with Crippen LogP contribution in [0.2, 0.25) is 0 Å². The molecule has 1 rings (SSSR count). The topological polar surface area (TPSA) is 96.9 Å². The van der Waals surface area contributed by atoms with Gasteiger partial charge in [-0.05, 0) is 38.5 Å². The van der Waals surface area contributed by atoms with Crippen molar-refractivity contribution in [1.29, 1.82) is 0 Å². The summed E-state index contributed by atoms with van der Waals surface area (Å²) in [6.45, 7) is 5.13. The highest BCUT2D eigenvalue weighted by molar-refractivity contribution is 5.89. The maximum absolute atomic E-state index is 12.9. The zero-order chi connectivity index (χ0) is 15.3. The predicted molar refractivity (Wildman–Crippen MR) is 71.9 cm³/mol. The first kappa shape index (κ1) is 15.7. The molecule has 0 aromatic heterocycles. The Hall–Kier alpha value is -2.31. The van der Waals surface area contributed by atoms with E-state index >= 15 is 0 Å². The van der Waals surface area contributed by atoms with E-state index in [1.54, 1.807) is 20.8 Å². The van der Waals surface area contributed by atoms with Crippen molar-refractivity contribution in [1.82, 2.24) is 5.32 Å². The van der Waals surface area contributed by atoms with Crippen LogP contribution in [0.15, 0.2) is 29.4 Å². The maximum atomic E-state index is 12.9. The summed E-state index contributed by atoms with van der Waals surface area (Å²) in [7, 11) is 0. The van der Waals surface area contributed by atoms with Gasteiger partial charge in [0.1, 0.15) is 17.5 Å². The zero-order valence-corrected chi connectivity index (χ0v) is 11.6. The molecule has 0 aliphatic carbocycles. The third-order valence-corrected chi connectivity index (χ3v) is 2.28. The zero-order valence-electron chi connectivity index (χ0n) is 11.6. The van der Waals surface area contributed by atoms with Gasteiger partial charge in [-0.25, -0.2) is 9.18 Å². The molecular formula is C13H18FN3O3. The Labute approximate surface area is 116 Å². The Bertz CT molecular complexity index is 495. The normalized spacial score (nSPS) is 13.7. The van der Waals surface area contributed by atoms with Crippen molar-refractivity contribution >= 4 is 11.9 Å². The highest BCUT2D eigenvalue weighted by Crippen LogP contribution is 2.15. The smallest absolute Gasteiger partial charge is 0.408 e. The molecule has 4 N–H and O–H groups in total. The minimum atomic E-state index is -0.907. The van der Waals surface area contributed by atoms with Gasteiger partial charge in [-0.1, -0.05) is 17.3 Å². The number of amides is 1. The molecule has 6 nitrogen and oxygen atoms in total. The van der Waals surface area contributed by atoms with E-state index in [2.05, 4.69) is 10.5 Å². The van der Waals surface area contributed by atoms with Gasteiger partial charge >= 0.3 is 6.09 Å². The summed E-state index contributed by atoms with van der Waals surface area (Å²) in [4.78, 5) is 11.7. The molecule has 0 radical (unpaired) electrons. The lowest BCUT2D eigenvalue weighted by Gasteiger charge is -2.23. The van der Waals surface area contributed by atoms with Crippen LogP contribution in [0, 0.1) is 5.82 Å². The number of hydrogen-bond acceptors (Lipinski definition) is 4. The van der Waals surface area contributed by atoms with Crippen molar-refractivity contribution in [3.8, 4) is 0 Å². The molecule has 20 heavy (non-hydrogen) atoms. The van der Waals surface area contributed by atoms with Crippen molar-refractivity contribution in [3.05, 3.63) is 35.6 Å². The molecule has 0 bridgehead atoms. The van der Waals surface area contributed by atoms with Gasteiger partial charge in [-0.2, -0.15) is 0 Å². The molecule has 1 aromatic rings. The summed E-state index contributed by atoms with van der Waals surface area (Å²) in [5.41, 5.74) is 5.32. The maximum Gasteiger partial charge on any atom is 0.408 e. The van der Waals surface area contributed by atoms with Crippen molar-refractivity contribution in [2.75, 3.05) is 0 Å². The second-order valence-electron chi connectivity index (χ2n) is 5.16. The minimum Gasteiger partial charge on any atom is -0.444 e. The SMILES string of the molecule is CC(C)(C)OC(=O)N[C@H](/C(N)=N\O)c1ccc(F)cc1. The molecule has 0 saturated heterocycles. The van der Waals surface area contributed by atoms with Crippen LogP contribution in [0.3, 0.4) is 0 Å². The number of ether oxygens (including phenoxy) is 1. The number of benzene rings is 1. The van der Waals surface area contributed by atoms with Gasteiger partial charge in [0, 0.05) is 0 Å². The number of alkyl carbamates (subject to hydrolysis) is 1. The van der Waals surface area contributed by atoms with Crippen LogP contribution in [0.25, 0.3) is 0 Å². The van der Waals surface area contributed by atoms with E-state index in [4.69, 9.17) is 15.7 Å². The lowest BCUT2D eigenvalue weighted by Crippen LogP contribution is -2.40. The molecule has 1 atom stereocenters. The number of carbonyl (C=O) groups is 1. The number of halogens is 1. The molecule has 0 fully saturated rings. The first-order chi connectivity index (χ1) is 9.23. The van der Waals surface area contributed by atoms with Crippen LogP contribution in [0.5, 0.6) is 0 Å². The van der Waals surface area contributed by atoms with Gasteiger partial charge in [0.2, 0.25) is 0 Å². The minimum absolute atomic E-state index is 0.234. The van der Waals surface area contributed by atoms with Crippen LogP contribution in [0.4, 0.5) is 9.18 Å². The number of nitrogens with two attached hydrogens (primary N) is 1. The number of amidine groups is 1. The summed E-state index contributed by atoms with van der Waals surface area (Å²) in [5, 5.41) is 14.1. The third-order valence-electron chi connectivity index (χ3n) is 2.28. The molecule has 1 amide bonds. The van der Waals surface area contributed by atoms with Crippen LogP contribution >= 0.6 is 0 Å². The average molecular weight is 283 g/mol. The molecule has 0 spiro atoms. The second-order valence-corrected chi connectivity index (χ2v) is 5.16. The lowest BCUT2D eigenvalue weighted by molar-refractivity contribution is 0.0516. The Morgan fingerprint density at radius 2 is 1.95 bits per heavy atom. The van der Waals surface area contributed by atoms with Crippen LogP contribution < -0.4 is 11.1 Å². The molecule has 7 heteroatoms. The van der Waals surface area contributed by atoms with E-state index in [1.165, 1.54) is 24.3 Å². The monoisotopic (exact) mass is 283 g/mol. The number of oxime groups is 1. The molecule has 0 saturated carbocycles. The number of carbonyl (C=O) groups excluding carboxylic acids is 1. The Balaban J connectivity index is 2.91. The van der Waals surface area contributed by atoms with E-state index in [-0.39, 0.29) is 5.84 Å². The van der Waals surface area contributed by atoms with Crippen molar-refractivity contribution in [3.63, 3.8) is 0 Å². The second kappa shape index (κ2) is 6.23. The molecule has 0 aliphatic heterocycles. The number of nitrogens with one attached hydrogen (secondary N) is 1. The number of rotatable bonds is 3. The average Bonchev–Trinajstić information content (AvgIpc) is 2.34. The van der Waals surface area contributed by atoms with Gasteiger partial charge in [-0.3, -0.25) is 0 Å². The van der Waals surface area contributed by atoms with Gasteiger partial charge in [0.05, 0.1) is 0 Å². The Kier molecular flexibility index (Phi) is 4.90.